The molecule has 2 aromatic rings. The van der Waals surface area contributed by atoms with Crippen LogP contribution in [0.25, 0.3) is 0 Å². The molecule has 1 heterocycles. The largest absolute Gasteiger partial charge is 0.459 e. The van der Waals surface area contributed by atoms with Crippen molar-refractivity contribution in [2.75, 3.05) is 13.7 Å². The molecule has 7 nitrogen and oxygen atoms in total. The van der Waals surface area contributed by atoms with E-state index in [-0.39, 0.29) is 13.0 Å². The molecule has 28 heavy (non-hydrogen) atoms. The Morgan fingerprint density at radius 3 is 2.14 bits per heavy atom. The predicted octanol–water partition coefficient (Wildman–Crippen LogP) is 2.19. The number of hydrogen-bond acceptors (Lipinski definition) is 7. The molecule has 1 fully saturated rings. The van der Waals surface area contributed by atoms with E-state index in [0.29, 0.717) is 11.1 Å². The highest BCUT2D eigenvalue weighted by molar-refractivity contribution is 5.89. The van der Waals surface area contributed by atoms with Crippen molar-refractivity contribution >= 4 is 11.9 Å². The molecule has 0 bridgehead atoms. The molecule has 1 aliphatic heterocycles. The van der Waals surface area contributed by atoms with Crippen molar-refractivity contribution in [3.8, 4) is 0 Å². The third-order valence-corrected chi connectivity index (χ3v) is 4.43. The van der Waals surface area contributed by atoms with Crippen LogP contribution >= 0.6 is 0 Å². The molecule has 0 aromatic heterocycles. The van der Waals surface area contributed by atoms with Gasteiger partial charge in [-0.1, -0.05) is 36.4 Å². The van der Waals surface area contributed by atoms with Gasteiger partial charge in [0.2, 0.25) is 0 Å². The second-order valence-electron chi connectivity index (χ2n) is 6.34. The average Bonchev–Trinajstić information content (AvgIpc) is 2.75. The minimum Gasteiger partial charge on any atom is -0.459 e. The van der Waals surface area contributed by atoms with E-state index in [2.05, 4.69) is 0 Å². The molecule has 0 radical (unpaired) electrons. The van der Waals surface area contributed by atoms with E-state index in [1.807, 2.05) is 0 Å². The van der Waals surface area contributed by atoms with Gasteiger partial charge in [-0.3, -0.25) is 0 Å². The number of ether oxygens (including phenoxy) is 4. The zero-order valence-electron chi connectivity index (χ0n) is 15.4. The van der Waals surface area contributed by atoms with Crippen molar-refractivity contribution in [3.63, 3.8) is 0 Å². The molecule has 1 unspecified atom stereocenters. The summed E-state index contributed by atoms with van der Waals surface area (Å²) in [5.74, 6) is -1.09. The Labute approximate surface area is 162 Å². The lowest BCUT2D eigenvalue weighted by atomic mass is 10.0. The number of methoxy groups -OCH3 is 1. The molecular weight excluding hydrogens is 364 g/mol. The second kappa shape index (κ2) is 9.45. The Morgan fingerprint density at radius 1 is 1.00 bits per heavy atom. The van der Waals surface area contributed by atoms with E-state index in [0.717, 1.165) is 0 Å². The number of benzene rings is 2. The first-order chi connectivity index (χ1) is 13.6. The molecular formula is C21H22O7. The maximum Gasteiger partial charge on any atom is 0.338 e. The highest BCUT2D eigenvalue weighted by Gasteiger charge is 2.41. The fraction of sp³-hybridized carbons (Fsp3) is 0.333. The fourth-order valence-corrected chi connectivity index (χ4v) is 2.90. The number of aliphatic hydroxyl groups is 1. The van der Waals surface area contributed by atoms with E-state index in [1.165, 1.54) is 7.11 Å². The molecule has 0 aliphatic carbocycles. The van der Waals surface area contributed by atoms with Crippen LogP contribution in [-0.4, -0.2) is 55.4 Å². The summed E-state index contributed by atoms with van der Waals surface area (Å²) in [6, 6.07) is 17.0. The highest BCUT2D eigenvalue weighted by atomic mass is 16.7. The summed E-state index contributed by atoms with van der Waals surface area (Å²) in [6.07, 6.45) is -3.44. The number of carbonyl (C=O) groups is 2. The van der Waals surface area contributed by atoms with Crippen LogP contribution in [0.15, 0.2) is 60.7 Å². The van der Waals surface area contributed by atoms with Gasteiger partial charge in [-0.25, -0.2) is 9.59 Å². The highest BCUT2D eigenvalue weighted by Crippen LogP contribution is 2.25. The molecule has 0 amide bonds. The summed E-state index contributed by atoms with van der Waals surface area (Å²) in [4.78, 5) is 24.4. The quantitative estimate of drug-likeness (QED) is 0.761. The van der Waals surface area contributed by atoms with Crippen LogP contribution in [-0.2, 0) is 18.9 Å². The molecule has 2 aromatic carbocycles. The standard InChI is InChI=1S/C21H22O7/c1-25-18-12-16(28-21(24)15-10-6-3-7-11-15)19(22)17(27-18)13-26-20(23)14-8-4-2-5-9-14/h2-11,16-19,22H,12-13H2,1H3/t16-,17-,18?,19-/m1/s1. The Bertz CT molecular complexity index is 778. The third kappa shape index (κ3) is 4.95. The van der Waals surface area contributed by atoms with Crippen LogP contribution < -0.4 is 0 Å². The molecule has 0 spiro atoms. The molecule has 148 valence electrons. The van der Waals surface area contributed by atoms with Crippen LogP contribution in [0, 0.1) is 0 Å². The van der Waals surface area contributed by atoms with Crippen molar-refractivity contribution in [1.29, 1.82) is 0 Å². The second-order valence-corrected chi connectivity index (χ2v) is 6.34. The summed E-state index contributed by atoms with van der Waals surface area (Å²) >= 11 is 0. The number of carbonyl (C=O) groups excluding carboxylic acids is 2. The number of aliphatic hydroxyl groups excluding tert-OH is 1. The summed E-state index contributed by atoms with van der Waals surface area (Å²) in [5.41, 5.74) is 0.769. The summed E-state index contributed by atoms with van der Waals surface area (Å²) in [5, 5.41) is 10.6. The minimum absolute atomic E-state index is 0.166. The monoisotopic (exact) mass is 386 g/mol. The van der Waals surface area contributed by atoms with Gasteiger partial charge in [-0.2, -0.15) is 0 Å². The minimum atomic E-state index is -1.16. The first kappa shape index (κ1) is 20.0. The molecule has 1 aliphatic rings. The predicted molar refractivity (Wildman–Crippen MR) is 98.7 cm³/mol. The van der Waals surface area contributed by atoms with Crippen molar-refractivity contribution in [2.24, 2.45) is 0 Å². The lowest BCUT2D eigenvalue weighted by Crippen LogP contribution is -2.52. The maximum atomic E-state index is 12.3. The normalized spacial score (nSPS) is 24.4. The van der Waals surface area contributed by atoms with Gasteiger partial charge < -0.3 is 24.1 Å². The van der Waals surface area contributed by atoms with Crippen LogP contribution in [0.2, 0.25) is 0 Å². The number of rotatable bonds is 6. The molecule has 1 saturated heterocycles. The van der Waals surface area contributed by atoms with E-state index >= 15 is 0 Å². The first-order valence-corrected chi connectivity index (χ1v) is 8.93. The molecule has 3 rings (SSSR count). The van der Waals surface area contributed by atoms with Gasteiger partial charge in [0.25, 0.3) is 0 Å². The van der Waals surface area contributed by atoms with Crippen LogP contribution in [0.5, 0.6) is 0 Å². The zero-order valence-corrected chi connectivity index (χ0v) is 15.4. The fourth-order valence-electron chi connectivity index (χ4n) is 2.90. The van der Waals surface area contributed by atoms with E-state index in [1.54, 1.807) is 60.7 Å². The molecule has 1 N–H and O–H groups in total. The summed E-state index contributed by atoms with van der Waals surface area (Å²) < 4.78 is 21.5. The first-order valence-electron chi connectivity index (χ1n) is 8.93. The van der Waals surface area contributed by atoms with Gasteiger partial charge in [0, 0.05) is 13.5 Å². The summed E-state index contributed by atoms with van der Waals surface area (Å²) in [6.45, 7) is -0.200. The van der Waals surface area contributed by atoms with E-state index in [4.69, 9.17) is 18.9 Å². The van der Waals surface area contributed by atoms with Crippen molar-refractivity contribution in [3.05, 3.63) is 71.8 Å². The van der Waals surface area contributed by atoms with E-state index < -0.39 is 36.5 Å². The lowest BCUT2D eigenvalue weighted by molar-refractivity contribution is -0.248. The Morgan fingerprint density at radius 2 is 1.57 bits per heavy atom. The molecule has 0 saturated carbocycles. The van der Waals surface area contributed by atoms with Gasteiger partial charge in [0.1, 0.15) is 24.9 Å². The SMILES string of the molecule is COC1C[C@@H](OC(=O)c2ccccc2)[C@@H](O)[C@@H](COC(=O)c2ccccc2)O1. The summed E-state index contributed by atoms with van der Waals surface area (Å²) in [7, 11) is 1.45. The smallest absolute Gasteiger partial charge is 0.338 e. The number of esters is 2. The van der Waals surface area contributed by atoms with Crippen molar-refractivity contribution in [2.45, 2.75) is 31.0 Å². The van der Waals surface area contributed by atoms with Crippen LogP contribution in [0.3, 0.4) is 0 Å². The van der Waals surface area contributed by atoms with Gasteiger partial charge in [0.15, 0.2) is 6.29 Å². The topological polar surface area (TPSA) is 91.3 Å². The Hall–Kier alpha value is -2.74. The van der Waals surface area contributed by atoms with E-state index in [9.17, 15) is 14.7 Å². The molecule has 7 heteroatoms. The Kier molecular flexibility index (Phi) is 6.76. The maximum absolute atomic E-state index is 12.3. The Balaban J connectivity index is 1.63. The van der Waals surface area contributed by atoms with Gasteiger partial charge in [-0.15, -0.1) is 0 Å². The van der Waals surface area contributed by atoms with Crippen molar-refractivity contribution < 1.29 is 33.6 Å². The van der Waals surface area contributed by atoms with Crippen LogP contribution in [0.1, 0.15) is 27.1 Å². The van der Waals surface area contributed by atoms with Gasteiger partial charge in [0.05, 0.1) is 11.1 Å². The third-order valence-electron chi connectivity index (χ3n) is 4.43. The molecule has 4 atom stereocenters. The van der Waals surface area contributed by atoms with Gasteiger partial charge >= 0.3 is 11.9 Å². The van der Waals surface area contributed by atoms with Gasteiger partial charge in [-0.05, 0) is 24.3 Å². The van der Waals surface area contributed by atoms with Crippen LogP contribution in [0.4, 0.5) is 0 Å². The zero-order chi connectivity index (χ0) is 19.9. The average molecular weight is 386 g/mol. The van der Waals surface area contributed by atoms with Crippen molar-refractivity contribution in [1.82, 2.24) is 0 Å². The number of hydrogen-bond donors (Lipinski definition) is 1. The lowest BCUT2D eigenvalue weighted by Gasteiger charge is -2.37.